The number of hydrogen-bond acceptors (Lipinski definition) is 5. The number of carbonyl (C=O) groups is 3. The molecule has 0 bridgehead atoms. The van der Waals surface area contributed by atoms with Crippen molar-refractivity contribution in [2.75, 3.05) is 18.5 Å². The van der Waals surface area contributed by atoms with E-state index in [1.54, 1.807) is 12.1 Å². The molecule has 1 aliphatic rings. The highest BCUT2D eigenvalue weighted by atomic mass is 16.7. The molecule has 1 saturated carbocycles. The average Bonchev–Trinajstić information content (AvgIpc) is 2.65. The molecule has 2 N–H and O–H groups in total. The van der Waals surface area contributed by atoms with Crippen LogP contribution in [0.4, 0.5) is 5.69 Å². The summed E-state index contributed by atoms with van der Waals surface area (Å²) < 4.78 is 11.7. The van der Waals surface area contributed by atoms with Crippen LogP contribution in [-0.4, -0.2) is 37.5 Å². The minimum atomic E-state index is -0.674. The first-order valence-electron chi connectivity index (χ1n) is 8.45. The highest BCUT2D eigenvalue weighted by Crippen LogP contribution is 2.33. The largest absolute Gasteiger partial charge is 0.350 e. The third-order valence-corrected chi connectivity index (χ3v) is 4.12. The maximum atomic E-state index is 11.5. The van der Waals surface area contributed by atoms with Gasteiger partial charge < -0.3 is 24.9 Å². The van der Waals surface area contributed by atoms with E-state index in [0.717, 1.165) is 44.0 Å². The molecule has 0 radical (unpaired) electrons. The van der Waals surface area contributed by atoms with Crippen LogP contribution in [0.5, 0.6) is 0 Å². The Balaban J connectivity index is 1.87. The molecular weight excluding hydrogens is 324 g/mol. The van der Waals surface area contributed by atoms with Gasteiger partial charge in [0.2, 0.25) is 12.3 Å². The van der Waals surface area contributed by atoms with Crippen LogP contribution in [0.1, 0.15) is 37.7 Å². The molecule has 0 spiro atoms. The smallest absolute Gasteiger partial charge is 0.243 e. The van der Waals surface area contributed by atoms with Crippen LogP contribution in [0.25, 0.3) is 0 Å². The molecule has 2 amide bonds. The Labute approximate surface area is 147 Å². The van der Waals surface area contributed by atoms with Gasteiger partial charge in [0.15, 0.2) is 5.79 Å². The molecular formula is C18H24N2O5. The van der Waals surface area contributed by atoms with E-state index in [4.69, 9.17) is 9.47 Å². The number of ether oxygens (including phenoxy) is 2. The minimum absolute atomic E-state index is 0.0415. The lowest BCUT2D eigenvalue weighted by atomic mass is 9.94. The molecule has 25 heavy (non-hydrogen) atoms. The van der Waals surface area contributed by atoms with E-state index in [1.165, 1.54) is 0 Å². The molecule has 0 saturated heterocycles. The summed E-state index contributed by atoms with van der Waals surface area (Å²) in [5.74, 6) is -0.966. The maximum absolute atomic E-state index is 11.5. The van der Waals surface area contributed by atoms with Crippen molar-refractivity contribution in [1.82, 2.24) is 5.32 Å². The fourth-order valence-electron chi connectivity index (χ4n) is 2.85. The van der Waals surface area contributed by atoms with Gasteiger partial charge in [-0.25, -0.2) is 0 Å². The van der Waals surface area contributed by atoms with E-state index in [-0.39, 0.29) is 19.1 Å². The lowest BCUT2D eigenvalue weighted by Crippen LogP contribution is -2.38. The number of nitrogens with one attached hydrogen (secondary N) is 2. The highest BCUT2D eigenvalue weighted by molar-refractivity contribution is 5.93. The molecule has 0 unspecified atom stereocenters. The molecule has 1 aromatic carbocycles. The number of anilines is 1. The molecule has 0 aliphatic heterocycles. The molecule has 136 valence electrons. The van der Waals surface area contributed by atoms with Gasteiger partial charge in [0, 0.05) is 18.5 Å². The van der Waals surface area contributed by atoms with E-state index < -0.39 is 5.79 Å². The van der Waals surface area contributed by atoms with E-state index in [0.29, 0.717) is 18.7 Å². The van der Waals surface area contributed by atoms with E-state index in [9.17, 15) is 14.4 Å². The summed E-state index contributed by atoms with van der Waals surface area (Å²) in [5.41, 5.74) is 1.59. The van der Waals surface area contributed by atoms with Crippen LogP contribution >= 0.6 is 0 Å². The normalized spacial score (nSPS) is 16.0. The second kappa shape index (κ2) is 9.90. The van der Waals surface area contributed by atoms with Crippen molar-refractivity contribution in [3.8, 4) is 0 Å². The number of carbonyl (C=O) groups excluding carboxylic acids is 3. The summed E-state index contributed by atoms with van der Waals surface area (Å²) in [7, 11) is 0. The van der Waals surface area contributed by atoms with Crippen LogP contribution in [0.3, 0.4) is 0 Å². The molecule has 0 atom stereocenters. The number of amides is 2. The zero-order valence-electron chi connectivity index (χ0n) is 14.2. The van der Waals surface area contributed by atoms with Gasteiger partial charge in [0.25, 0.3) is 0 Å². The highest BCUT2D eigenvalue weighted by Gasteiger charge is 2.33. The van der Waals surface area contributed by atoms with E-state index in [1.807, 2.05) is 12.1 Å². The van der Waals surface area contributed by atoms with Crippen molar-refractivity contribution < 1.29 is 23.9 Å². The maximum Gasteiger partial charge on any atom is 0.243 e. The Morgan fingerprint density at radius 1 is 1.08 bits per heavy atom. The summed E-state index contributed by atoms with van der Waals surface area (Å²) >= 11 is 0. The van der Waals surface area contributed by atoms with Gasteiger partial charge in [-0.15, -0.1) is 0 Å². The number of hydrogen-bond donors (Lipinski definition) is 2. The molecule has 1 fully saturated rings. The van der Waals surface area contributed by atoms with Gasteiger partial charge in [-0.1, -0.05) is 18.6 Å². The predicted octanol–water partition coefficient (Wildman–Crippen LogP) is 1.76. The fourth-order valence-corrected chi connectivity index (χ4v) is 2.85. The van der Waals surface area contributed by atoms with Crippen LogP contribution in [0.2, 0.25) is 0 Å². The Hall–Kier alpha value is -2.25. The van der Waals surface area contributed by atoms with Crippen molar-refractivity contribution >= 4 is 24.3 Å². The van der Waals surface area contributed by atoms with E-state index in [2.05, 4.69) is 10.6 Å². The van der Waals surface area contributed by atoms with Crippen molar-refractivity contribution in [3.63, 3.8) is 0 Å². The lowest BCUT2D eigenvalue weighted by Gasteiger charge is -2.36. The quantitative estimate of drug-likeness (QED) is 0.496. The van der Waals surface area contributed by atoms with Gasteiger partial charge in [0.1, 0.15) is 12.9 Å². The van der Waals surface area contributed by atoms with Crippen molar-refractivity contribution in [2.45, 2.75) is 44.5 Å². The summed E-state index contributed by atoms with van der Waals surface area (Å²) in [4.78, 5) is 32.3. The van der Waals surface area contributed by atoms with Gasteiger partial charge >= 0.3 is 0 Å². The first kappa shape index (κ1) is 19.1. The van der Waals surface area contributed by atoms with Crippen LogP contribution in [0.15, 0.2) is 24.3 Å². The molecule has 0 heterocycles. The Morgan fingerprint density at radius 3 is 2.44 bits per heavy atom. The SMILES string of the molecule is O=CCOC1(OCc2ccc(NC(=O)CNC=O)cc2)CCCCC1. The first-order valence-corrected chi connectivity index (χ1v) is 8.45. The van der Waals surface area contributed by atoms with Crippen molar-refractivity contribution in [2.24, 2.45) is 0 Å². The van der Waals surface area contributed by atoms with Gasteiger partial charge in [0.05, 0.1) is 13.2 Å². The van der Waals surface area contributed by atoms with Crippen molar-refractivity contribution in [1.29, 1.82) is 0 Å². The zero-order chi connectivity index (χ0) is 18.0. The molecule has 0 aromatic heterocycles. The van der Waals surface area contributed by atoms with Crippen LogP contribution < -0.4 is 10.6 Å². The average molecular weight is 348 g/mol. The second-order valence-corrected chi connectivity index (χ2v) is 5.98. The third kappa shape index (κ3) is 6.28. The molecule has 7 heteroatoms. The van der Waals surface area contributed by atoms with Crippen LogP contribution in [0, 0.1) is 0 Å². The zero-order valence-corrected chi connectivity index (χ0v) is 14.2. The minimum Gasteiger partial charge on any atom is -0.350 e. The second-order valence-electron chi connectivity index (χ2n) is 5.98. The Bertz CT molecular complexity index is 567. The predicted molar refractivity (Wildman–Crippen MR) is 91.8 cm³/mol. The number of benzene rings is 1. The fraction of sp³-hybridized carbons (Fsp3) is 0.500. The first-order chi connectivity index (χ1) is 12.2. The number of rotatable bonds is 10. The van der Waals surface area contributed by atoms with Crippen molar-refractivity contribution in [3.05, 3.63) is 29.8 Å². The molecule has 2 rings (SSSR count). The monoisotopic (exact) mass is 348 g/mol. The molecule has 1 aromatic rings. The van der Waals surface area contributed by atoms with Gasteiger partial charge in [-0.2, -0.15) is 0 Å². The summed E-state index contributed by atoms with van der Waals surface area (Å²) in [6.45, 7) is 0.352. The summed E-state index contributed by atoms with van der Waals surface area (Å²) in [6.07, 6.45) is 6.02. The lowest BCUT2D eigenvalue weighted by molar-refractivity contribution is -0.254. The molecule has 1 aliphatic carbocycles. The number of aldehydes is 1. The van der Waals surface area contributed by atoms with E-state index >= 15 is 0 Å². The summed E-state index contributed by atoms with van der Waals surface area (Å²) in [6, 6.07) is 7.27. The summed E-state index contributed by atoms with van der Waals surface area (Å²) in [5, 5.41) is 4.99. The van der Waals surface area contributed by atoms with Gasteiger partial charge in [-0.05, 0) is 30.5 Å². The topological polar surface area (TPSA) is 93.7 Å². The third-order valence-electron chi connectivity index (χ3n) is 4.12. The Morgan fingerprint density at radius 2 is 1.80 bits per heavy atom. The molecule has 7 nitrogen and oxygen atoms in total. The van der Waals surface area contributed by atoms with Gasteiger partial charge in [-0.3, -0.25) is 9.59 Å². The van der Waals surface area contributed by atoms with Crippen LogP contribution in [-0.2, 0) is 30.5 Å². The standard InChI is InChI=1S/C18H24N2O5/c21-10-11-24-18(8-2-1-3-9-18)25-13-15-4-6-16(7-5-15)20-17(23)12-19-14-22/h4-7,10,14H,1-3,8-9,11-13H2,(H,19,22)(H,20,23). The Kier molecular flexibility index (Phi) is 7.56.